The molecule has 2 rings (SSSR count). The summed E-state index contributed by atoms with van der Waals surface area (Å²) in [6, 6.07) is 13.1. The first-order valence-corrected chi connectivity index (χ1v) is 12.1. The lowest BCUT2D eigenvalue weighted by Crippen LogP contribution is -2.13. The summed E-state index contributed by atoms with van der Waals surface area (Å²) in [5.41, 5.74) is 2.44. The van der Waals surface area contributed by atoms with Crippen molar-refractivity contribution in [2.45, 2.75) is 52.4 Å². The summed E-state index contributed by atoms with van der Waals surface area (Å²) >= 11 is 7.09. The second-order valence-electron chi connectivity index (χ2n) is 7.42. The predicted octanol–water partition coefficient (Wildman–Crippen LogP) is 7.81. The second kappa shape index (κ2) is 13.3. The Bertz CT molecular complexity index is 941. The van der Waals surface area contributed by atoms with Crippen LogP contribution in [0.5, 0.6) is 5.75 Å². The first-order valence-electron chi connectivity index (χ1n) is 10.6. The number of ether oxygens (including phenoxy) is 1. The molecule has 0 spiro atoms. The fourth-order valence-electron chi connectivity index (χ4n) is 3.09. The van der Waals surface area contributed by atoms with E-state index in [1.54, 1.807) is 12.1 Å². The Labute approximate surface area is 201 Å². The maximum absolute atomic E-state index is 12.5. The van der Waals surface area contributed by atoms with Crippen LogP contribution in [-0.2, 0) is 4.79 Å². The van der Waals surface area contributed by atoms with Crippen molar-refractivity contribution in [3.8, 4) is 11.8 Å². The average molecular weight is 548 g/mol. The molecule has 0 fully saturated rings. The molecule has 0 atom stereocenters. The van der Waals surface area contributed by atoms with E-state index in [-0.39, 0.29) is 5.57 Å². The molecular weight excluding hydrogens is 520 g/mol. The summed E-state index contributed by atoms with van der Waals surface area (Å²) in [6.45, 7) is 4.82. The minimum absolute atomic E-state index is 0.0288. The summed E-state index contributed by atoms with van der Waals surface area (Å²) in [5, 5.41) is 12.2. The Balaban J connectivity index is 2.02. The standard InChI is InChI=1S/C25H28Br2N2O2/c1-3-4-5-6-7-8-12-31-24-22(26)15-19(16-23(24)27)14-20(17-28)25(30)29-21-11-9-10-18(2)13-21/h9-11,13-16H,3-8,12H2,1-2H3,(H,29,30)/b20-14+. The zero-order valence-corrected chi connectivity index (χ0v) is 21.2. The number of unbranched alkanes of at least 4 members (excludes halogenated alkanes) is 5. The maximum Gasteiger partial charge on any atom is 0.266 e. The molecule has 4 nitrogen and oxygen atoms in total. The molecule has 1 N–H and O–H groups in total. The van der Waals surface area contributed by atoms with Crippen molar-refractivity contribution in [1.29, 1.82) is 5.26 Å². The molecule has 2 aromatic rings. The van der Waals surface area contributed by atoms with Crippen molar-refractivity contribution in [2.24, 2.45) is 0 Å². The van der Waals surface area contributed by atoms with E-state index >= 15 is 0 Å². The van der Waals surface area contributed by atoms with Gasteiger partial charge in [-0.05, 0) is 86.7 Å². The Morgan fingerprint density at radius 1 is 1.10 bits per heavy atom. The zero-order valence-electron chi connectivity index (χ0n) is 18.0. The van der Waals surface area contributed by atoms with Gasteiger partial charge >= 0.3 is 0 Å². The van der Waals surface area contributed by atoms with E-state index in [9.17, 15) is 10.1 Å². The van der Waals surface area contributed by atoms with Gasteiger partial charge in [0.25, 0.3) is 5.91 Å². The van der Waals surface area contributed by atoms with E-state index in [1.807, 2.05) is 43.3 Å². The number of benzene rings is 2. The SMILES string of the molecule is CCCCCCCCOc1c(Br)cc(/C=C(\C#N)C(=O)Nc2cccc(C)c2)cc1Br. The molecule has 0 aromatic heterocycles. The molecule has 0 aliphatic rings. The quantitative estimate of drug-likeness (QED) is 0.177. The van der Waals surface area contributed by atoms with Gasteiger partial charge < -0.3 is 10.1 Å². The fourth-order valence-corrected chi connectivity index (χ4v) is 4.54. The highest BCUT2D eigenvalue weighted by Gasteiger charge is 2.13. The molecule has 1 amide bonds. The van der Waals surface area contributed by atoms with Crippen LogP contribution in [0.2, 0.25) is 0 Å². The van der Waals surface area contributed by atoms with Gasteiger partial charge in [0.1, 0.15) is 17.4 Å². The molecule has 2 aromatic carbocycles. The number of halogens is 2. The van der Waals surface area contributed by atoms with Gasteiger partial charge in [0.2, 0.25) is 0 Å². The molecule has 0 bridgehead atoms. The number of carbonyl (C=O) groups excluding carboxylic acids is 1. The maximum atomic E-state index is 12.5. The van der Waals surface area contributed by atoms with E-state index < -0.39 is 5.91 Å². The Hall–Kier alpha value is -2.10. The molecular formula is C25H28Br2N2O2. The van der Waals surface area contributed by atoms with Crippen LogP contribution in [0.4, 0.5) is 5.69 Å². The van der Waals surface area contributed by atoms with Crippen molar-refractivity contribution in [3.63, 3.8) is 0 Å². The number of hydrogen-bond donors (Lipinski definition) is 1. The highest BCUT2D eigenvalue weighted by molar-refractivity contribution is 9.11. The van der Waals surface area contributed by atoms with Crippen LogP contribution in [0.3, 0.4) is 0 Å². The summed E-state index contributed by atoms with van der Waals surface area (Å²) in [6.07, 6.45) is 8.81. The molecule has 0 heterocycles. The van der Waals surface area contributed by atoms with Crippen LogP contribution in [0, 0.1) is 18.3 Å². The van der Waals surface area contributed by atoms with E-state index in [1.165, 1.54) is 25.7 Å². The number of aryl methyl sites for hydroxylation is 1. The van der Waals surface area contributed by atoms with Crippen LogP contribution >= 0.6 is 31.9 Å². The molecule has 0 saturated carbocycles. The lowest BCUT2D eigenvalue weighted by atomic mass is 10.1. The van der Waals surface area contributed by atoms with Gasteiger partial charge in [-0.15, -0.1) is 0 Å². The Morgan fingerprint density at radius 2 is 1.77 bits per heavy atom. The number of nitrogens with zero attached hydrogens (tertiary/aromatic N) is 1. The van der Waals surface area contributed by atoms with E-state index in [4.69, 9.17) is 4.74 Å². The third-order valence-corrected chi connectivity index (χ3v) is 5.90. The van der Waals surface area contributed by atoms with Gasteiger partial charge in [-0.3, -0.25) is 4.79 Å². The highest BCUT2D eigenvalue weighted by Crippen LogP contribution is 2.35. The fraction of sp³-hybridized carbons (Fsp3) is 0.360. The number of amides is 1. The number of nitriles is 1. The summed E-state index contributed by atoms with van der Waals surface area (Å²) in [4.78, 5) is 12.5. The lowest BCUT2D eigenvalue weighted by molar-refractivity contribution is -0.112. The lowest BCUT2D eigenvalue weighted by Gasteiger charge is -2.12. The smallest absolute Gasteiger partial charge is 0.266 e. The van der Waals surface area contributed by atoms with Crippen LogP contribution in [-0.4, -0.2) is 12.5 Å². The topological polar surface area (TPSA) is 62.1 Å². The summed E-state index contributed by atoms with van der Waals surface area (Å²) in [5.74, 6) is 0.289. The van der Waals surface area contributed by atoms with Gasteiger partial charge in [0.05, 0.1) is 15.6 Å². The molecule has 6 heteroatoms. The predicted molar refractivity (Wildman–Crippen MR) is 134 cm³/mol. The minimum atomic E-state index is -0.441. The van der Waals surface area contributed by atoms with Crippen molar-refractivity contribution >= 4 is 49.5 Å². The first kappa shape index (κ1) is 25.2. The third kappa shape index (κ3) is 8.51. The van der Waals surface area contributed by atoms with E-state index in [2.05, 4.69) is 44.1 Å². The van der Waals surface area contributed by atoms with Gasteiger partial charge in [-0.2, -0.15) is 5.26 Å². The Kier molecular flexibility index (Phi) is 10.8. The molecule has 164 valence electrons. The normalized spacial score (nSPS) is 11.1. The molecule has 0 saturated heterocycles. The summed E-state index contributed by atoms with van der Waals surface area (Å²) in [7, 11) is 0. The highest BCUT2D eigenvalue weighted by atomic mass is 79.9. The largest absolute Gasteiger partial charge is 0.491 e. The Morgan fingerprint density at radius 3 is 2.42 bits per heavy atom. The summed E-state index contributed by atoms with van der Waals surface area (Å²) < 4.78 is 7.49. The van der Waals surface area contributed by atoms with Crippen LogP contribution in [0.15, 0.2) is 50.9 Å². The number of carbonyl (C=O) groups is 1. The average Bonchev–Trinajstić information content (AvgIpc) is 2.73. The second-order valence-corrected chi connectivity index (χ2v) is 9.13. The molecule has 31 heavy (non-hydrogen) atoms. The third-order valence-electron chi connectivity index (χ3n) is 4.72. The zero-order chi connectivity index (χ0) is 22.6. The molecule has 0 aliphatic heterocycles. The van der Waals surface area contributed by atoms with E-state index in [0.29, 0.717) is 12.3 Å². The number of nitrogens with one attached hydrogen (secondary N) is 1. The van der Waals surface area contributed by atoms with Crippen molar-refractivity contribution in [2.75, 3.05) is 11.9 Å². The molecule has 0 unspecified atom stereocenters. The van der Waals surface area contributed by atoms with Crippen LogP contribution in [0.25, 0.3) is 6.08 Å². The van der Waals surface area contributed by atoms with Gasteiger partial charge in [0, 0.05) is 5.69 Å². The monoisotopic (exact) mass is 546 g/mol. The molecule has 0 aliphatic carbocycles. The van der Waals surface area contributed by atoms with Gasteiger partial charge in [0.15, 0.2) is 0 Å². The number of hydrogen-bond acceptors (Lipinski definition) is 3. The van der Waals surface area contributed by atoms with Gasteiger partial charge in [-0.25, -0.2) is 0 Å². The van der Waals surface area contributed by atoms with E-state index in [0.717, 1.165) is 38.7 Å². The van der Waals surface area contributed by atoms with Gasteiger partial charge in [-0.1, -0.05) is 51.2 Å². The van der Waals surface area contributed by atoms with Crippen molar-refractivity contribution in [1.82, 2.24) is 0 Å². The number of anilines is 1. The molecule has 0 radical (unpaired) electrons. The van der Waals surface area contributed by atoms with Crippen LogP contribution < -0.4 is 10.1 Å². The minimum Gasteiger partial charge on any atom is -0.491 e. The van der Waals surface area contributed by atoms with Crippen LogP contribution in [0.1, 0.15) is 56.6 Å². The van der Waals surface area contributed by atoms with Crippen molar-refractivity contribution in [3.05, 3.63) is 62.0 Å². The van der Waals surface area contributed by atoms with Crippen molar-refractivity contribution < 1.29 is 9.53 Å². The number of rotatable bonds is 11. The first-order chi connectivity index (χ1) is 14.9.